The molecule has 0 saturated carbocycles. The predicted molar refractivity (Wildman–Crippen MR) is 103 cm³/mol. The van der Waals surface area contributed by atoms with Gasteiger partial charge in [0.05, 0.1) is 6.10 Å². The maximum Gasteiger partial charge on any atom is 0.275 e. The van der Waals surface area contributed by atoms with Gasteiger partial charge in [-0.2, -0.15) is 0 Å². The van der Waals surface area contributed by atoms with E-state index in [1.54, 1.807) is 24.2 Å². The van der Waals surface area contributed by atoms with Gasteiger partial charge in [0.15, 0.2) is 11.5 Å². The maximum absolute atomic E-state index is 12.6. The Hall–Kier alpha value is -2.93. The van der Waals surface area contributed by atoms with E-state index in [2.05, 4.69) is 10.1 Å². The number of benzene rings is 1. The molecule has 7 nitrogen and oxygen atoms in total. The summed E-state index contributed by atoms with van der Waals surface area (Å²) in [6.07, 6.45) is 5.03. The first-order valence-corrected chi connectivity index (χ1v) is 9.50. The molecular formula is C21H23N3O4. The van der Waals surface area contributed by atoms with Gasteiger partial charge >= 0.3 is 0 Å². The summed E-state index contributed by atoms with van der Waals surface area (Å²) in [7, 11) is 1.76. The summed E-state index contributed by atoms with van der Waals surface area (Å²) in [6, 6.07) is 11.2. The van der Waals surface area contributed by atoms with Crippen LogP contribution in [-0.4, -0.2) is 47.3 Å². The lowest BCUT2D eigenvalue weighted by Gasteiger charge is -2.26. The van der Waals surface area contributed by atoms with E-state index in [0.29, 0.717) is 18.1 Å². The van der Waals surface area contributed by atoms with Gasteiger partial charge in [0.1, 0.15) is 17.9 Å². The minimum atomic E-state index is -0.184. The maximum atomic E-state index is 12.6. The Bertz CT molecular complexity index is 944. The van der Waals surface area contributed by atoms with Gasteiger partial charge in [0.2, 0.25) is 0 Å². The molecule has 2 aromatic heterocycles. The van der Waals surface area contributed by atoms with Crippen molar-refractivity contribution >= 4 is 16.8 Å². The molecule has 1 fully saturated rings. The molecule has 1 aromatic carbocycles. The first kappa shape index (κ1) is 18.4. The molecular weight excluding hydrogens is 358 g/mol. The van der Waals surface area contributed by atoms with E-state index in [4.69, 9.17) is 14.0 Å². The average Bonchev–Trinajstić information content (AvgIpc) is 3.21. The fraction of sp³-hybridized carbons (Fsp3) is 0.381. The van der Waals surface area contributed by atoms with Crippen molar-refractivity contribution in [3.05, 3.63) is 54.0 Å². The van der Waals surface area contributed by atoms with Crippen molar-refractivity contribution in [2.24, 2.45) is 0 Å². The van der Waals surface area contributed by atoms with E-state index in [1.165, 1.54) is 0 Å². The van der Waals surface area contributed by atoms with Crippen LogP contribution < -0.4 is 4.74 Å². The number of carbonyl (C=O) groups is 1. The molecule has 0 radical (unpaired) electrons. The normalized spacial score (nSPS) is 16.8. The number of likely N-dealkylation sites (N-methyl/N-ethyl adjacent to an activating group) is 1. The third-order valence-corrected chi connectivity index (χ3v) is 4.84. The fourth-order valence-corrected chi connectivity index (χ4v) is 3.36. The molecule has 3 heterocycles. The zero-order valence-corrected chi connectivity index (χ0v) is 15.8. The quantitative estimate of drug-likeness (QED) is 0.651. The second-order valence-electron chi connectivity index (χ2n) is 6.97. The Labute approximate surface area is 163 Å². The summed E-state index contributed by atoms with van der Waals surface area (Å²) in [4.78, 5) is 18.6. The third kappa shape index (κ3) is 4.14. The molecule has 3 aromatic rings. The molecule has 1 amide bonds. The molecule has 1 saturated heterocycles. The molecule has 7 heteroatoms. The number of fused-ring (bicyclic) bond motifs is 1. The van der Waals surface area contributed by atoms with E-state index >= 15 is 0 Å². The Kier molecular flexibility index (Phi) is 5.53. The minimum absolute atomic E-state index is 0.0938. The van der Waals surface area contributed by atoms with E-state index < -0.39 is 0 Å². The summed E-state index contributed by atoms with van der Waals surface area (Å²) in [5.74, 6) is 0.962. The monoisotopic (exact) mass is 381 g/mol. The van der Waals surface area contributed by atoms with Crippen LogP contribution in [0.4, 0.5) is 0 Å². The molecule has 0 aliphatic carbocycles. The van der Waals surface area contributed by atoms with Crippen LogP contribution in [0.3, 0.4) is 0 Å². The van der Waals surface area contributed by atoms with E-state index in [0.717, 1.165) is 36.8 Å². The van der Waals surface area contributed by atoms with Crippen LogP contribution in [0.15, 0.2) is 47.1 Å². The highest BCUT2D eigenvalue weighted by Crippen LogP contribution is 2.24. The predicted octanol–water partition coefficient (Wildman–Crippen LogP) is 3.44. The van der Waals surface area contributed by atoms with Crippen molar-refractivity contribution in [2.45, 2.75) is 32.0 Å². The number of para-hydroxylation sites is 1. The lowest BCUT2D eigenvalue weighted by Crippen LogP contribution is -2.37. The third-order valence-electron chi connectivity index (χ3n) is 4.84. The molecule has 4 rings (SSSR count). The Morgan fingerprint density at radius 2 is 2.18 bits per heavy atom. The highest BCUT2D eigenvalue weighted by atomic mass is 16.5. The Morgan fingerprint density at radius 1 is 1.29 bits per heavy atom. The van der Waals surface area contributed by atoms with Gasteiger partial charge in [-0.25, -0.2) is 0 Å². The summed E-state index contributed by atoms with van der Waals surface area (Å²) in [5.41, 5.74) is 1.06. The van der Waals surface area contributed by atoms with Gasteiger partial charge in [-0.05, 0) is 31.4 Å². The number of ether oxygens (including phenoxy) is 2. The van der Waals surface area contributed by atoms with Crippen LogP contribution in [0.2, 0.25) is 0 Å². The van der Waals surface area contributed by atoms with Crippen molar-refractivity contribution in [2.75, 3.05) is 20.2 Å². The van der Waals surface area contributed by atoms with Crippen LogP contribution in [0.5, 0.6) is 5.75 Å². The van der Waals surface area contributed by atoms with Crippen molar-refractivity contribution in [1.29, 1.82) is 0 Å². The lowest BCUT2D eigenvalue weighted by atomic mass is 10.1. The second kappa shape index (κ2) is 8.39. The van der Waals surface area contributed by atoms with Gasteiger partial charge in [-0.1, -0.05) is 23.4 Å². The number of hydrogen-bond acceptors (Lipinski definition) is 6. The number of pyridine rings is 1. The van der Waals surface area contributed by atoms with Gasteiger partial charge in [-0.3, -0.25) is 9.78 Å². The van der Waals surface area contributed by atoms with Gasteiger partial charge in [0.25, 0.3) is 5.91 Å². The molecule has 0 N–H and O–H groups in total. The smallest absolute Gasteiger partial charge is 0.275 e. The standard InChI is InChI=1S/C21H23N3O4/c1-24(13-16-8-2-3-11-26-16)21(25)18-12-17(28-23-18)14-27-19-9-4-6-15-7-5-10-22-20(15)19/h4-7,9-10,12,16H,2-3,8,11,13-14H2,1H3/t16-/m1/s1. The zero-order chi connectivity index (χ0) is 19.3. The van der Waals surface area contributed by atoms with Crippen molar-refractivity contribution in [3.63, 3.8) is 0 Å². The Morgan fingerprint density at radius 3 is 3.04 bits per heavy atom. The van der Waals surface area contributed by atoms with Crippen molar-refractivity contribution in [3.8, 4) is 5.75 Å². The Balaban J connectivity index is 1.37. The van der Waals surface area contributed by atoms with Gasteiger partial charge in [0, 0.05) is 37.8 Å². The fourth-order valence-electron chi connectivity index (χ4n) is 3.36. The summed E-state index contributed by atoms with van der Waals surface area (Å²) < 4.78 is 16.8. The number of amides is 1. The minimum Gasteiger partial charge on any atom is -0.483 e. The van der Waals surface area contributed by atoms with Crippen LogP contribution in [0.1, 0.15) is 35.5 Å². The molecule has 1 aliphatic rings. The van der Waals surface area contributed by atoms with Crippen molar-refractivity contribution < 1.29 is 18.8 Å². The van der Waals surface area contributed by atoms with Crippen LogP contribution in [0, 0.1) is 0 Å². The number of nitrogens with zero attached hydrogens (tertiary/aromatic N) is 3. The molecule has 0 unspecified atom stereocenters. The first-order valence-electron chi connectivity index (χ1n) is 9.50. The summed E-state index contributed by atoms with van der Waals surface area (Å²) >= 11 is 0. The highest BCUT2D eigenvalue weighted by molar-refractivity contribution is 5.92. The average molecular weight is 381 g/mol. The van der Waals surface area contributed by atoms with E-state index in [1.807, 2.05) is 30.3 Å². The van der Waals surface area contributed by atoms with Gasteiger partial charge < -0.3 is 18.9 Å². The molecule has 0 spiro atoms. The SMILES string of the molecule is CN(C[C@H]1CCCCO1)C(=O)c1cc(COc2cccc3cccnc23)on1. The van der Waals surface area contributed by atoms with Crippen molar-refractivity contribution in [1.82, 2.24) is 15.0 Å². The topological polar surface area (TPSA) is 77.7 Å². The zero-order valence-electron chi connectivity index (χ0n) is 15.8. The molecule has 1 atom stereocenters. The van der Waals surface area contributed by atoms with Crippen LogP contribution in [0.25, 0.3) is 10.9 Å². The number of carbonyl (C=O) groups excluding carboxylic acids is 1. The number of hydrogen-bond donors (Lipinski definition) is 0. The second-order valence-corrected chi connectivity index (χ2v) is 6.97. The lowest BCUT2D eigenvalue weighted by molar-refractivity contribution is -0.000360. The van der Waals surface area contributed by atoms with Crippen LogP contribution >= 0.6 is 0 Å². The molecule has 0 bridgehead atoms. The molecule has 1 aliphatic heterocycles. The van der Waals surface area contributed by atoms with Gasteiger partial charge in [-0.15, -0.1) is 0 Å². The molecule has 146 valence electrons. The highest BCUT2D eigenvalue weighted by Gasteiger charge is 2.22. The largest absolute Gasteiger partial charge is 0.483 e. The van der Waals surface area contributed by atoms with Crippen LogP contribution in [-0.2, 0) is 11.3 Å². The summed E-state index contributed by atoms with van der Waals surface area (Å²) in [6.45, 7) is 1.49. The summed E-state index contributed by atoms with van der Waals surface area (Å²) in [5, 5.41) is 4.90. The van der Waals surface area contributed by atoms with E-state index in [9.17, 15) is 4.79 Å². The number of aromatic nitrogens is 2. The van der Waals surface area contributed by atoms with E-state index in [-0.39, 0.29) is 24.3 Å². The first-order chi connectivity index (χ1) is 13.7. The number of rotatable bonds is 6. The molecule has 28 heavy (non-hydrogen) atoms.